The molecule has 1 unspecified atom stereocenters. The highest BCUT2D eigenvalue weighted by molar-refractivity contribution is 5.62. The Morgan fingerprint density at radius 2 is 1.66 bits per heavy atom. The fourth-order valence-corrected chi connectivity index (χ4v) is 4.26. The minimum absolute atomic E-state index is 0.104. The van der Waals surface area contributed by atoms with Gasteiger partial charge in [-0.1, -0.05) is 24.3 Å². The molecule has 4 rings (SSSR count). The summed E-state index contributed by atoms with van der Waals surface area (Å²) in [4.78, 5) is 6.34. The molecule has 0 aliphatic carbocycles. The van der Waals surface area contributed by atoms with Gasteiger partial charge < -0.3 is 19.5 Å². The monoisotopic (exact) mass is 500 g/mol. The Bertz CT molecular complexity index is 1200. The first kappa shape index (κ1) is 25.1. The summed E-state index contributed by atoms with van der Waals surface area (Å²) in [6.07, 6.45) is -11.7. The number of hydrogen-bond acceptors (Lipinski definition) is 5. The summed E-state index contributed by atoms with van der Waals surface area (Å²) >= 11 is 0. The molecule has 2 N–H and O–H groups in total. The van der Waals surface area contributed by atoms with E-state index in [1.807, 2.05) is 4.90 Å². The van der Waals surface area contributed by atoms with E-state index in [-0.39, 0.29) is 31.2 Å². The van der Waals surface area contributed by atoms with Gasteiger partial charge in [-0.15, -0.1) is 0 Å². The molecule has 1 aliphatic heterocycles. The van der Waals surface area contributed by atoms with E-state index < -0.39 is 23.5 Å². The molecule has 0 saturated heterocycles. The van der Waals surface area contributed by atoms with E-state index in [0.717, 1.165) is 11.6 Å². The number of oxazole rings is 1. The average molecular weight is 500 g/mol. The molecule has 1 atom stereocenters. The molecular weight excluding hydrogens is 478 g/mol. The van der Waals surface area contributed by atoms with Gasteiger partial charge >= 0.3 is 12.4 Å². The minimum atomic E-state index is -5.94. The third-order valence-electron chi connectivity index (χ3n) is 6.27. The zero-order chi connectivity index (χ0) is 25.8. The lowest BCUT2D eigenvalue weighted by atomic mass is 9.90. The van der Waals surface area contributed by atoms with Gasteiger partial charge in [0, 0.05) is 22.9 Å². The van der Waals surface area contributed by atoms with Crippen LogP contribution < -0.4 is 4.90 Å². The van der Waals surface area contributed by atoms with Crippen molar-refractivity contribution in [2.45, 2.75) is 57.4 Å². The van der Waals surface area contributed by atoms with Crippen LogP contribution in [0.4, 0.5) is 32.0 Å². The lowest BCUT2D eigenvalue weighted by Gasteiger charge is -2.33. The molecule has 0 spiro atoms. The topological polar surface area (TPSA) is 69.7 Å². The van der Waals surface area contributed by atoms with E-state index >= 15 is 0 Å². The number of fused-ring (bicyclic) bond motifs is 1. The standard InChI is InChI=1S/C24H22F6N2O3/c1-13-9-17-10-18(22(34,23(25,26)27)24(28,29)30)7-8-20(17)32(13)11-19-14(2)35-21(31-19)16-5-3-15(12-33)4-6-16/h3-8,10,13,33-34H,9,11-12H2,1-2H3. The number of benzene rings is 2. The number of halogens is 6. The average Bonchev–Trinajstić information content (AvgIpc) is 3.30. The van der Waals surface area contributed by atoms with Crippen molar-refractivity contribution in [1.29, 1.82) is 0 Å². The molecule has 11 heteroatoms. The Kier molecular flexibility index (Phi) is 6.13. The van der Waals surface area contributed by atoms with E-state index in [9.17, 15) is 36.6 Å². The number of rotatable bonds is 5. The molecule has 5 nitrogen and oxygen atoms in total. The lowest BCUT2D eigenvalue weighted by molar-refractivity contribution is -0.376. The molecule has 0 amide bonds. The van der Waals surface area contributed by atoms with Crippen molar-refractivity contribution < 1.29 is 41.0 Å². The van der Waals surface area contributed by atoms with Crippen LogP contribution in [0.15, 0.2) is 46.9 Å². The van der Waals surface area contributed by atoms with Crippen molar-refractivity contribution in [3.63, 3.8) is 0 Å². The molecule has 2 heterocycles. The van der Waals surface area contributed by atoms with E-state index in [1.54, 1.807) is 38.1 Å². The number of alkyl halides is 6. The normalized spacial score (nSPS) is 16.6. The van der Waals surface area contributed by atoms with Crippen LogP contribution in [0.5, 0.6) is 0 Å². The highest BCUT2D eigenvalue weighted by Crippen LogP contribution is 2.51. The van der Waals surface area contributed by atoms with Crippen LogP contribution >= 0.6 is 0 Å². The molecule has 1 aliphatic rings. The third-order valence-corrected chi connectivity index (χ3v) is 6.27. The molecule has 1 aromatic heterocycles. The second-order valence-electron chi connectivity index (χ2n) is 8.61. The van der Waals surface area contributed by atoms with Crippen LogP contribution in [0.3, 0.4) is 0 Å². The third kappa shape index (κ3) is 4.27. The van der Waals surface area contributed by atoms with Gasteiger partial charge in [0.1, 0.15) is 11.5 Å². The van der Waals surface area contributed by atoms with Crippen molar-refractivity contribution in [1.82, 2.24) is 4.98 Å². The smallest absolute Gasteiger partial charge is 0.430 e. The summed E-state index contributed by atoms with van der Waals surface area (Å²) in [5, 5.41) is 18.9. The fraction of sp³-hybridized carbons (Fsp3) is 0.375. The van der Waals surface area contributed by atoms with E-state index in [1.165, 1.54) is 6.07 Å². The molecule has 0 radical (unpaired) electrons. The van der Waals surface area contributed by atoms with Gasteiger partial charge in [-0.05, 0) is 49.6 Å². The Hall–Kier alpha value is -3.05. The summed E-state index contributed by atoms with van der Waals surface area (Å²) in [5.74, 6) is 0.872. The van der Waals surface area contributed by atoms with Gasteiger partial charge in [0.2, 0.25) is 5.89 Å². The van der Waals surface area contributed by atoms with Crippen LogP contribution in [0.1, 0.15) is 35.1 Å². The maximum Gasteiger partial charge on any atom is 0.430 e. The van der Waals surface area contributed by atoms with Crippen molar-refractivity contribution in [2.75, 3.05) is 4.90 Å². The van der Waals surface area contributed by atoms with Crippen molar-refractivity contribution >= 4 is 5.69 Å². The van der Waals surface area contributed by atoms with Gasteiger partial charge in [0.15, 0.2) is 0 Å². The number of hydrogen-bond donors (Lipinski definition) is 2. The zero-order valence-electron chi connectivity index (χ0n) is 18.7. The molecule has 0 bridgehead atoms. The second kappa shape index (κ2) is 8.56. The van der Waals surface area contributed by atoms with Crippen molar-refractivity contribution in [3.05, 3.63) is 70.6 Å². The van der Waals surface area contributed by atoms with Crippen molar-refractivity contribution in [2.24, 2.45) is 0 Å². The maximum absolute atomic E-state index is 13.3. The minimum Gasteiger partial charge on any atom is -0.441 e. The quantitative estimate of drug-likeness (QED) is 0.459. The maximum atomic E-state index is 13.3. The molecule has 35 heavy (non-hydrogen) atoms. The summed E-state index contributed by atoms with van der Waals surface area (Å²) in [5.41, 5.74) is -3.52. The number of aliphatic hydroxyl groups is 2. The number of aromatic nitrogens is 1. The van der Waals surface area contributed by atoms with Crippen LogP contribution in [0, 0.1) is 6.92 Å². The number of anilines is 1. The second-order valence-corrected chi connectivity index (χ2v) is 8.61. The fourth-order valence-electron chi connectivity index (χ4n) is 4.26. The van der Waals surface area contributed by atoms with Crippen LogP contribution in [0.2, 0.25) is 0 Å². The van der Waals surface area contributed by atoms with Crippen molar-refractivity contribution in [3.8, 4) is 11.5 Å². The zero-order valence-corrected chi connectivity index (χ0v) is 18.7. The Morgan fingerprint density at radius 1 is 1.03 bits per heavy atom. The van der Waals surface area contributed by atoms with E-state index in [0.29, 0.717) is 34.7 Å². The molecule has 3 aromatic rings. The molecule has 0 saturated carbocycles. The largest absolute Gasteiger partial charge is 0.441 e. The first-order valence-electron chi connectivity index (χ1n) is 10.7. The van der Waals surface area contributed by atoms with Gasteiger partial charge in [-0.25, -0.2) is 4.98 Å². The molecule has 2 aromatic carbocycles. The summed E-state index contributed by atoms with van der Waals surface area (Å²) in [6, 6.07) is 9.32. The van der Waals surface area contributed by atoms with E-state index in [4.69, 9.17) is 4.42 Å². The van der Waals surface area contributed by atoms with Crippen LogP contribution in [0.25, 0.3) is 11.5 Å². The van der Waals surface area contributed by atoms with Gasteiger partial charge in [-0.2, -0.15) is 26.3 Å². The number of aryl methyl sites for hydroxylation is 1. The number of nitrogens with zero attached hydrogens (tertiary/aromatic N) is 2. The summed E-state index contributed by atoms with van der Waals surface area (Å²) in [7, 11) is 0. The SMILES string of the molecule is Cc1oc(-c2ccc(CO)cc2)nc1CN1c2ccc(C(O)(C(F)(F)F)C(F)(F)F)cc2CC1C. The first-order valence-corrected chi connectivity index (χ1v) is 10.7. The Balaban J connectivity index is 1.64. The molecule has 188 valence electrons. The van der Waals surface area contributed by atoms with E-state index in [2.05, 4.69) is 4.98 Å². The Morgan fingerprint density at radius 3 is 2.23 bits per heavy atom. The molecule has 0 fully saturated rings. The number of aliphatic hydroxyl groups excluding tert-OH is 1. The highest BCUT2D eigenvalue weighted by Gasteiger charge is 2.71. The summed E-state index contributed by atoms with van der Waals surface area (Å²) < 4.78 is 85.5. The van der Waals surface area contributed by atoms with Crippen LogP contribution in [-0.2, 0) is 25.2 Å². The predicted molar refractivity (Wildman–Crippen MR) is 114 cm³/mol. The van der Waals surface area contributed by atoms with Gasteiger partial charge in [0.25, 0.3) is 5.60 Å². The molecular formula is C24H22F6N2O3. The Labute approximate surface area is 196 Å². The van der Waals surface area contributed by atoms with Crippen LogP contribution in [-0.4, -0.2) is 33.6 Å². The summed E-state index contributed by atoms with van der Waals surface area (Å²) in [6.45, 7) is 3.63. The highest BCUT2D eigenvalue weighted by atomic mass is 19.4. The lowest BCUT2D eigenvalue weighted by Crippen LogP contribution is -2.53. The van der Waals surface area contributed by atoms with Gasteiger partial charge in [0.05, 0.1) is 13.2 Å². The predicted octanol–water partition coefficient (Wildman–Crippen LogP) is 5.41. The first-order chi connectivity index (χ1) is 16.3. The van der Waals surface area contributed by atoms with Gasteiger partial charge in [-0.3, -0.25) is 0 Å².